The van der Waals surface area contributed by atoms with Gasteiger partial charge in [0.25, 0.3) is 5.92 Å². The number of alkyl halides is 2. The third-order valence-corrected chi connectivity index (χ3v) is 8.13. The van der Waals surface area contributed by atoms with Gasteiger partial charge < -0.3 is 5.32 Å². The zero-order chi connectivity index (χ0) is 24.2. The molecule has 2 aromatic heterocycles. The second-order valence-electron chi connectivity index (χ2n) is 10.2. The van der Waals surface area contributed by atoms with Crippen LogP contribution in [0.25, 0.3) is 10.8 Å². The zero-order valence-electron chi connectivity index (χ0n) is 19.3. The summed E-state index contributed by atoms with van der Waals surface area (Å²) < 4.78 is 26.5. The van der Waals surface area contributed by atoms with E-state index >= 15 is 0 Å². The standard InChI is InChI=1S/C27H27ClF2N4O/c28-23-10-18-13-32-25(33-26(35)22-12-21(22)24-3-1-2-8-31-24)11-17(18)9-20(23)16-4-6-19(7-5-16)34-14-27(29,30)15-34/h1-3,8-11,13,16,19,21-22H,4-7,12,14-15H2,(H,32,33,35)/t16-,19-,21-,22-/m1/s1. The molecule has 35 heavy (non-hydrogen) atoms. The van der Waals surface area contributed by atoms with E-state index in [2.05, 4.69) is 21.4 Å². The Bertz CT molecular complexity index is 1250. The van der Waals surface area contributed by atoms with Crippen LogP contribution in [-0.2, 0) is 4.79 Å². The molecule has 0 bridgehead atoms. The number of fused-ring (bicyclic) bond motifs is 1. The van der Waals surface area contributed by atoms with E-state index in [0.29, 0.717) is 16.8 Å². The van der Waals surface area contributed by atoms with Crippen LogP contribution in [0, 0.1) is 5.92 Å². The van der Waals surface area contributed by atoms with E-state index in [1.807, 2.05) is 35.2 Å². The number of anilines is 1. The Morgan fingerprint density at radius 1 is 1.06 bits per heavy atom. The number of nitrogens with one attached hydrogen (secondary N) is 1. The molecule has 3 heterocycles. The van der Waals surface area contributed by atoms with Crippen molar-refractivity contribution in [1.82, 2.24) is 14.9 Å². The van der Waals surface area contributed by atoms with Gasteiger partial charge in [-0.05, 0) is 79.3 Å². The summed E-state index contributed by atoms with van der Waals surface area (Å²) in [6.45, 7) is -0.214. The molecular formula is C27H27ClF2N4O. The van der Waals surface area contributed by atoms with Crippen LogP contribution in [0.5, 0.6) is 0 Å². The molecule has 3 fully saturated rings. The summed E-state index contributed by atoms with van der Waals surface area (Å²) in [5.74, 6) is -1.62. The van der Waals surface area contributed by atoms with E-state index in [4.69, 9.17) is 11.6 Å². The molecule has 8 heteroatoms. The lowest BCUT2D eigenvalue weighted by atomic mass is 9.80. The van der Waals surface area contributed by atoms with Crippen LogP contribution in [-0.4, -0.2) is 45.8 Å². The molecular weight excluding hydrogens is 470 g/mol. The summed E-state index contributed by atoms with van der Waals surface area (Å²) in [4.78, 5) is 23.5. The fraction of sp³-hybridized carbons (Fsp3) is 0.444. The van der Waals surface area contributed by atoms with Gasteiger partial charge in [0.15, 0.2) is 0 Å². The Morgan fingerprint density at radius 2 is 1.86 bits per heavy atom. The van der Waals surface area contributed by atoms with E-state index in [0.717, 1.165) is 54.1 Å². The lowest BCUT2D eigenvalue weighted by Gasteiger charge is -2.46. The fourth-order valence-corrected chi connectivity index (χ4v) is 6.08. The number of aromatic nitrogens is 2. The highest BCUT2D eigenvalue weighted by Crippen LogP contribution is 2.47. The van der Waals surface area contributed by atoms with Gasteiger partial charge in [-0.2, -0.15) is 0 Å². The zero-order valence-corrected chi connectivity index (χ0v) is 20.0. The van der Waals surface area contributed by atoms with E-state index in [9.17, 15) is 13.6 Å². The average Bonchev–Trinajstić information content (AvgIpc) is 3.64. The molecule has 1 saturated heterocycles. The predicted octanol–water partition coefficient (Wildman–Crippen LogP) is 6.00. The minimum atomic E-state index is -2.52. The minimum absolute atomic E-state index is 0.0309. The molecule has 0 spiro atoms. The summed E-state index contributed by atoms with van der Waals surface area (Å²) in [5.41, 5.74) is 2.04. The van der Waals surface area contributed by atoms with Crippen LogP contribution < -0.4 is 5.32 Å². The van der Waals surface area contributed by atoms with Gasteiger partial charge in [0.05, 0.1) is 13.1 Å². The molecule has 2 aliphatic carbocycles. The lowest BCUT2D eigenvalue weighted by molar-refractivity contribution is -0.150. The van der Waals surface area contributed by atoms with Crippen LogP contribution in [0.4, 0.5) is 14.6 Å². The van der Waals surface area contributed by atoms with Crippen molar-refractivity contribution < 1.29 is 13.6 Å². The number of carbonyl (C=O) groups is 1. The van der Waals surface area contributed by atoms with Crippen LogP contribution in [0.1, 0.15) is 55.2 Å². The monoisotopic (exact) mass is 496 g/mol. The van der Waals surface area contributed by atoms with Crippen molar-refractivity contribution >= 4 is 34.1 Å². The number of hydrogen-bond acceptors (Lipinski definition) is 4. The van der Waals surface area contributed by atoms with Gasteiger partial charge in [-0.25, -0.2) is 13.8 Å². The van der Waals surface area contributed by atoms with Gasteiger partial charge in [0.1, 0.15) is 5.82 Å². The molecule has 2 saturated carbocycles. The Labute approximate surface area is 207 Å². The first-order valence-electron chi connectivity index (χ1n) is 12.3. The van der Waals surface area contributed by atoms with Gasteiger partial charge >= 0.3 is 0 Å². The number of amides is 1. The van der Waals surface area contributed by atoms with E-state index in [-0.39, 0.29) is 36.9 Å². The number of nitrogens with zero attached hydrogens (tertiary/aromatic N) is 3. The third kappa shape index (κ3) is 4.64. The Balaban J connectivity index is 1.13. The van der Waals surface area contributed by atoms with Gasteiger partial charge in [-0.15, -0.1) is 0 Å². The van der Waals surface area contributed by atoms with E-state index in [1.54, 1.807) is 12.4 Å². The SMILES string of the molecule is O=C(Nc1cc2cc([C@H]3CC[C@H](N4CC(F)(F)C4)CC3)c(Cl)cc2cn1)[C@@H]1C[C@H]1c1ccccn1. The lowest BCUT2D eigenvalue weighted by Crippen LogP contribution is -2.60. The highest BCUT2D eigenvalue weighted by atomic mass is 35.5. The van der Waals surface area contributed by atoms with Gasteiger partial charge in [-0.1, -0.05) is 17.7 Å². The first-order valence-corrected chi connectivity index (χ1v) is 12.7. The number of carbonyl (C=O) groups excluding carboxylic acids is 1. The summed E-state index contributed by atoms with van der Waals surface area (Å²) >= 11 is 6.65. The summed E-state index contributed by atoms with van der Waals surface area (Å²) in [6.07, 6.45) is 7.98. The first-order chi connectivity index (χ1) is 16.9. The summed E-state index contributed by atoms with van der Waals surface area (Å²) in [7, 11) is 0. The maximum absolute atomic E-state index is 13.2. The number of rotatable bonds is 5. The maximum atomic E-state index is 13.2. The van der Waals surface area contributed by atoms with Crippen LogP contribution in [0.15, 0.2) is 48.8 Å². The van der Waals surface area contributed by atoms with Crippen molar-refractivity contribution in [2.75, 3.05) is 18.4 Å². The van der Waals surface area contributed by atoms with Crippen molar-refractivity contribution in [1.29, 1.82) is 0 Å². The Hall–Kier alpha value is -2.64. The van der Waals surface area contributed by atoms with Crippen molar-refractivity contribution in [3.63, 3.8) is 0 Å². The largest absolute Gasteiger partial charge is 0.310 e. The molecule has 6 rings (SSSR count). The molecule has 2 atom stereocenters. The molecule has 3 aromatic rings. The Morgan fingerprint density at radius 3 is 2.57 bits per heavy atom. The van der Waals surface area contributed by atoms with E-state index < -0.39 is 5.92 Å². The van der Waals surface area contributed by atoms with Crippen LogP contribution in [0.3, 0.4) is 0 Å². The molecule has 0 unspecified atom stereocenters. The quantitative estimate of drug-likeness (QED) is 0.470. The number of halogens is 3. The number of pyridine rings is 2. The molecule has 1 aliphatic heterocycles. The molecule has 1 aromatic carbocycles. The average molecular weight is 497 g/mol. The predicted molar refractivity (Wildman–Crippen MR) is 132 cm³/mol. The first kappa shape index (κ1) is 22.8. The van der Waals surface area contributed by atoms with Gasteiger partial charge in [-0.3, -0.25) is 14.7 Å². The second-order valence-corrected chi connectivity index (χ2v) is 10.7. The molecule has 0 radical (unpaired) electrons. The highest BCUT2D eigenvalue weighted by molar-refractivity contribution is 6.32. The number of hydrogen-bond donors (Lipinski definition) is 1. The molecule has 3 aliphatic rings. The normalized spacial score (nSPS) is 27.9. The number of likely N-dealkylation sites (tertiary alicyclic amines) is 1. The smallest absolute Gasteiger partial charge is 0.272 e. The fourth-order valence-electron chi connectivity index (χ4n) is 5.75. The van der Waals surface area contributed by atoms with Crippen molar-refractivity contribution in [2.45, 2.75) is 55.9 Å². The van der Waals surface area contributed by atoms with Crippen molar-refractivity contribution in [2.24, 2.45) is 5.92 Å². The van der Waals surface area contributed by atoms with E-state index in [1.165, 1.54) is 0 Å². The third-order valence-electron chi connectivity index (χ3n) is 7.81. The van der Waals surface area contributed by atoms with Gasteiger partial charge in [0, 0.05) is 46.4 Å². The molecule has 1 N–H and O–H groups in total. The van der Waals surface area contributed by atoms with Crippen molar-refractivity contribution in [3.8, 4) is 0 Å². The molecule has 182 valence electrons. The van der Waals surface area contributed by atoms with Crippen molar-refractivity contribution in [3.05, 3.63) is 65.1 Å². The summed E-state index contributed by atoms with van der Waals surface area (Å²) in [5, 5.41) is 5.59. The summed E-state index contributed by atoms with van der Waals surface area (Å²) in [6, 6.07) is 12.0. The second kappa shape index (κ2) is 8.79. The van der Waals surface area contributed by atoms with Crippen LogP contribution >= 0.6 is 11.6 Å². The Kier molecular flexibility index (Phi) is 5.72. The maximum Gasteiger partial charge on any atom is 0.272 e. The topological polar surface area (TPSA) is 58.1 Å². The molecule has 5 nitrogen and oxygen atoms in total. The minimum Gasteiger partial charge on any atom is -0.310 e. The number of benzene rings is 1. The molecule has 1 amide bonds. The van der Waals surface area contributed by atoms with Crippen LogP contribution in [0.2, 0.25) is 5.02 Å². The van der Waals surface area contributed by atoms with Gasteiger partial charge in [0.2, 0.25) is 5.91 Å². The highest BCUT2D eigenvalue weighted by Gasteiger charge is 2.47.